The average molecular weight is 1360 g/mol. The van der Waals surface area contributed by atoms with Crippen LogP contribution in [-0.4, -0.2) is 87.4 Å². The number of carboxylic acid groups (broad SMARTS) is 1. The summed E-state index contributed by atoms with van der Waals surface area (Å²) in [6.45, 7) is 4.83. The third kappa shape index (κ3) is 79.9. The van der Waals surface area contributed by atoms with Gasteiger partial charge in [-0.25, -0.2) is 4.79 Å². The van der Waals surface area contributed by atoms with E-state index in [2.05, 4.69) is 86.8 Å². The summed E-state index contributed by atoms with van der Waals surface area (Å²) >= 11 is 0. The van der Waals surface area contributed by atoms with E-state index >= 15 is 0 Å². The molecule has 0 radical (unpaired) electrons. The zero-order valence-electron chi connectivity index (χ0n) is 65.0. The molecule has 0 heterocycles. The number of aliphatic carboxylic acids is 1. The summed E-state index contributed by atoms with van der Waals surface area (Å²) in [7, 11) is 6.00. The van der Waals surface area contributed by atoms with Crippen molar-refractivity contribution < 1.29 is 42.9 Å². The van der Waals surface area contributed by atoms with Crippen LogP contribution in [0.5, 0.6) is 0 Å². The molecule has 0 aliphatic carbocycles. The van der Waals surface area contributed by atoms with E-state index in [1.807, 2.05) is 21.1 Å². The first-order valence-electron chi connectivity index (χ1n) is 42.1. The van der Waals surface area contributed by atoms with E-state index in [0.717, 1.165) is 70.6 Å². The lowest BCUT2D eigenvalue weighted by Crippen LogP contribution is -2.40. The van der Waals surface area contributed by atoms with E-state index in [0.29, 0.717) is 17.4 Å². The van der Waals surface area contributed by atoms with E-state index in [-0.39, 0.29) is 38.2 Å². The van der Waals surface area contributed by atoms with E-state index in [1.54, 1.807) is 0 Å². The number of likely N-dealkylation sites (N-methyl/N-ethyl adjacent to an activating group) is 1. The highest BCUT2D eigenvalue weighted by Gasteiger charge is 2.25. The number of hydrogen-bond donors (Lipinski definition) is 1. The molecular formula is C88H162NO8+. The van der Waals surface area contributed by atoms with Gasteiger partial charge in [-0.05, 0) is 83.5 Å². The average Bonchev–Trinajstić information content (AvgIpc) is 3.74. The number of nitrogens with zero attached hydrogens (tertiary/aromatic N) is 1. The molecule has 0 aromatic rings. The van der Waals surface area contributed by atoms with Gasteiger partial charge >= 0.3 is 17.9 Å². The Hall–Kier alpha value is -3.27. The van der Waals surface area contributed by atoms with Gasteiger partial charge in [-0.1, -0.05) is 389 Å². The van der Waals surface area contributed by atoms with Crippen molar-refractivity contribution in [3.8, 4) is 0 Å². The molecule has 9 heteroatoms. The smallest absolute Gasteiger partial charge is 0.361 e. The van der Waals surface area contributed by atoms with Gasteiger partial charge in [0.05, 0.1) is 34.4 Å². The Morgan fingerprint density at radius 2 is 0.588 bits per heavy atom. The molecule has 9 nitrogen and oxygen atoms in total. The lowest BCUT2D eigenvalue weighted by atomic mass is 10.0. The van der Waals surface area contributed by atoms with Crippen LogP contribution in [0.2, 0.25) is 0 Å². The minimum absolute atomic E-state index is 0.177. The summed E-state index contributed by atoms with van der Waals surface area (Å²) in [6, 6.07) is 0. The predicted molar refractivity (Wildman–Crippen MR) is 420 cm³/mol. The molecule has 0 saturated heterocycles. The third-order valence-corrected chi connectivity index (χ3v) is 18.9. The first-order chi connectivity index (χ1) is 47.6. The van der Waals surface area contributed by atoms with Crippen molar-refractivity contribution in [3.05, 3.63) is 72.9 Å². The maximum Gasteiger partial charge on any atom is 0.361 e. The van der Waals surface area contributed by atoms with Crippen molar-refractivity contribution in [2.75, 3.05) is 47.5 Å². The molecule has 1 N–H and O–H groups in total. The number of carbonyl (C=O) groups excluding carboxylic acids is 2. The van der Waals surface area contributed by atoms with Gasteiger partial charge in [0, 0.05) is 12.8 Å². The molecule has 97 heavy (non-hydrogen) atoms. The molecule has 0 fully saturated rings. The fourth-order valence-corrected chi connectivity index (χ4v) is 12.6. The van der Waals surface area contributed by atoms with Crippen molar-refractivity contribution in [2.24, 2.45) is 0 Å². The Bertz CT molecular complexity index is 1830. The predicted octanol–water partition coefficient (Wildman–Crippen LogP) is 27.2. The Kier molecular flexibility index (Phi) is 75.8. The highest BCUT2D eigenvalue weighted by molar-refractivity contribution is 5.71. The minimum atomic E-state index is -1.51. The summed E-state index contributed by atoms with van der Waals surface area (Å²) in [6.07, 6.45) is 104. The number of quaternary nitrogens is 1. The van der Waals surface area contributed by atoms with Crippen molar-refractivity contribution >= 4 is 17.9 Å². The van der Waals surface area contributed by atoms with Crippen LogP contribution < -0.4 is 0 Å². The van der Waals surface area contributed by atoms with Crippen LogP contribution in [-0.2, 0) is 33.3 Å². The highest BCUT2D eigenvalue weighted by Crippen LogP contribution is 2.20. The van der Waals surface area contributed by atoms with Gasteiger partial charge in [-0.2, -0.15) is 0 Å². The SMILES string of the molecule is CC/C=C\C/C=C\C/C=C\C/C=C\C/C=C\CCCCCCCCCCCCCCCCCCCCCC(=O)OC(COC(=O)CCCCCCCCCCCCCCCCCCCCCCCCCCC/C=C\CCCCCCCCCC)COC(OCC[N+](C)(C)C)C(=O)O. The quantitative estimate of drug-likeness (QED) is 0.0211. The van der Waals surface area contributed by atoms with Crippen molar-refractivity contribution in [3.63, 3.8) is 0 Å². The molecule has 2 atom stereocenters. The molecular weight excluding hydrogens is 1200 g/mol. The van der Waals surface area contributed by atoms with Crippen molar-refractivity contribution in [2.45, 2.75) is 424 Å². The Morgan fingerprint density at radius 1 is 0.320 bits per heavy atom. The van der Waals surface area contributed by atoms with Gasteiger partial charge in [0.2, 0.25) is 0 Å². The number of esters is 2. The largest absolute Gasteiger partial charge is 0.477 e. The van der Waals surface area contributed by atoms with E-state index in [4.69, 9.17) is 18.9 Å². The van der Waals surface area contributed by atoms with Gasteiger partial charge in [0.1, 0.15) is 13.2 Å². The van der Waals surface area contributed by atoms with Crippen LogP contribution >= 0.6 is 0 Å². The first-order valence-corrected chi connectivity index (χ1v) is 42.1. The minimum Gasteiger partial charge on any atom is -0.477 e. The molecule has 0 aromatic heterocycles. The summed E-state index contributed by atoms with van der Waals surface area (Å²) in [5.74, 6) is -1.98. The van der Waals surface area contributed by atoms with Gasteiger partial charge in [-0.3, -0.25) is 9.59 Å². The van der Waals surface area contributed by atoms with E-state index < -0.39 is 18.4 Å². The fourth-order valence-electron chi connectivity index (χ4n) is 12.6. The third-order valence-electron chi connectivity index (χ3n) is 18.9. The number of allylic oxidation sites excluding steroid dienone is 12. The summed E-state index contributed by atoms with van der Waals surface area (Å²) in [4.78, 5) is 37.8. The molecule has 0 saturated carbocycles. The number of rotatable bonds is 79. The second-order valence-corrected chi connectivity index (χ2v) is 29.8. The fraction of sp³-hybridized carbons (Fsp3) is 0.830. The maximum atomic E-state index is 13.0. The molecule has 0 rings (SSSR count). The number of carbonyl (C=O) groups is 3. The van der Waals surface area contributed by atoms with Gasteiger partial charge in [0.25, 0.3) is 6.29 Å². The molecule has 0 aliphatic rings. The van der Waals surface area contributed by atoms with Gasteiger partial charge in [0.15, 0.2) is 6.10 Å². The zero-order valence-corrected chi connectivity index (χ0v) is 65.0. The highest BCUT2D eigenvalue weighted by atomic mass is 16.7. The second-order valence-electron chi connectivity index (χ2n) is 29.8. The van der Waals surface area contributed by atoms with Crippen molar-refractivity contribution in [1.82, 2.24) is 0 Å². The topological polar surface area (TPSA) is 108 Å². The Morgan fingerprint density at radius 3 is 0.887 bits per heavy atom. The van der Waals surface area contributed by atoms with Crippen LogP contribution in [0.1, 0.15) is 412 Å². The normalized spacial score (nSPS) is 13.0. The Balaban J connectivity index is 3.95. The number of carboxylic acids is 1. The molecule has 0 spiro atoms. The standard InChI is InChI=1S/C88H161NO8/c1-6-8-10-12-14-16-18-20-22-24-26-28-30-32-34-36-38-40-42-43-45-46-48-50-52-54-56-58-60-62-64-66-68-70-72-74-76-78-85(90)95-82-84(83-96-88(87(92)93)94-81-80-89(3,4)5)97-86(91)79-77-75-73-71-69-67-65-63-61-59-57-55-53-51-49-47-44-41-39-37-35-33-31-29-27-25-23-21-19-17-15-13-11-9-7-2/h9,11,15,17,21,23-24,26-27,29,33,35,84,88H,6-8,10,12-14,16,18-20,22,25,28,30-32,34,36-83H2,1-5H3/p+1/b11-9-,17-15-,23-21-,26-24-,29-27-,35-33-. The van der Waals surface area contributed by atoms with Crippen LogP contribution in [0.3, 0.4) is 0 Å². The van der Waals surface area contributed by atoms with Crippen LogP contribution in [0.25, 0.3) is 0 Å². The molecule has 0 aliphatic heterocycles. The molecule has 2 unspecified atom stereocenters. The molecule has 0 aromatic carbocycles. The second kappa shape index (κ2) is 78.4. The molecule has 0 amide bonds. The number of unbranched alkanes of at least 4 members (excludes halogenated alkanes) is 52. The summed E-state index contributed by atoms with van der Waals surface area (Å²) < 4.78 is 23.1. The van der Waals surface area contributed by atoms with Crippen molar-refractivity contribution in [1.29, 1.82) is 0 Å². The van der Waals surface area contributed by atoms with Gasteiger partial charge < -0.3 is 28.5 Å². The van der Waals surface area contributed by atoms with E-state index in [1.165, 1.54) is 315 Å². The molecule has 566 valence electrons. The molecule has 0 bridgehead atoms. The van der Waals surface area contributed by atoms with Crippen LogP contribution in [0.4, 0.5) is 0 Å². The zero-order chi connectivity index (χ0) is 70.4. The lowest BCUT2D eigenvalue weighted by Gasteiger charge is -2.25. The van der Waals surface area contributed by atoms with Crippen LogP contribution in [0, 0.1) is 0 Å². The maximum absolute atomic E-state index is 13.0. The number of hydrogen-bond acceptors (Lipinski definition) is 7. The lowest BCUT2D eigenvalue weighted by molar-refractivity contribution is -0.870. The van der Waals surface area contributed by atoms with Gasteiger partial charge in [-0.15, -0.1) is 0 Å². The summed E-state index contributed by atoms with van der Waals surface area (Å²) in [5.41, 5.74) is 0. The monoisotopic (exact) mass is 1360 g/mol. The van der Waals surface area contributed by atoms with E-state index in [9.17, 15) is 19.5 Å². The van der Waals surface area contributed by atoms with Crippen LogP contribution in [0.15, 0.2) is 72.9 Å². The summed E-state index contributed by atoms with van der Waals surface area (Å²) in [5, 5.41) is 9.78. The number of ether oxygens (including phenoxy) is 4. The Labute approximate surface area is 602 Å². The first kappa shape index (κ1) is 93.7.